The molecule has 5 nitrogen and oxygen atoms in total. The molecule has 0 aliphatic rings. The van der Waals surface area contributed by atoms with Gasteiger partial charge in [0.2, 0.25) is 0 Å². The van der Waals surface area contributed by atoms with Crippen LogP contribution in [0.4, 0.5) is 0 Å². The quantitative estimate of drug-likeness (QED) is 0.813. The van der Waals surface area contributed by atoms with E-state index in [4.69, 9.17) is 20.3 Å². The van der Waals surface area contributed by atoms with E-state index in [0.29, 0.717) is 11.5 Å². The first-order chi connectivity index (χ1) is 7.99. The summed E-state index contributed by atoms with van der Waals surface area (Å²) in [5.41, 5.74) is 7.39. The van der Waals surface area contributed by atoms with E-state index in [0.717, 1.165) is 11.1 Å². The number of carboxylic acid groups (broad SMARTS) is 1. The molecular weight excluding hydrogens is 222 g/mol. The van der Waals surface area contributed by atoms with Gasteiger partial charge in [-0.25, -0.2) is 0 Å². The van der Waals surface area contributed by atoms with Crippen LogP contribution in [0.25, 0.3) is 0 Å². The van der Waals surface area contributed by atoms with Crippen LogP contribution < -0.4 is 15.2 Å². The average molecular weight is 239 g/mol. The lowest BCUT2D eigenvalue weighted by Crippen LogP contribution is -2.15. The number of rotatable bonds is 5. The Morgan fingerprint density at radius 3 is 2.53 bits per heavy atom. The average Bonchev–Trinajstić information content (AvgIpc) is 2.26. The first kappa shape index (κ1) is 13.3. The van der Waals surface area contributed by atoms with Crippen molar-refractivity contribution < 1.29 is 19.4 Å². The van der Waals surface area contributed by atoms with Gasteiger partial charge in [-0.05, 0) is 24.1 Å². The van der Waals surface area contributed by atoms with Crippen molar-refractivity contribution in [1.29, 1.82) is 0 Å². The number of aliphatic carboxylic acids is 1. The van der Waals surface area contributed by atoms with Gasteiger partial charge in [0.05, 0.1) is 20.6 Å². The lowest BCUT2D eigenvalue weighted by molar-refractivity contribution is -0.137. The molecule has 3 N–H and O–H groups in total. The molecule has 1 rings (SSSR count). The van der Waals surface area contributed by atoms with Crippen molar-refractivity contribution in [1.82, 2.24) is 0 Å². The van der Waals surface area contributed by atoms with Crippen LogP contribution in [0.5, 0.6) is 11.5 Å². The lowest BCUT2D eigenvalue weighted by atomic mass is 10.0. The van der Waals surface area contributed by atoms with Gasteiger partial charge in [0.15, 0.2) is 11.5 Å². The van der Waals surface area contributed by atoms with Crippen molar-refractivity contribution in [2.45, 2.75) is 19.4 Å². The zero-order chi connectivity index (χ0) is 13.0. The Bertz CT molecular complexity index is 417. The molecule has 0 aliphatic heterocycles. The molecule has 0 heterocycles. The third-order valence-corrected chi connectivity index (χ3v) is 2.51. The first-order valence-electron chi connectivity index (χ1n) is 5.19. The molecule has 1 aromatic carbocycles. The molecule has 0 amide bonds. The zero-order valence-corrected chi connectivity index (χ0v) is 10.2. The van der Waals surface area contributed by atoms with Crippen molar-refractivity contribution in [3.05, 3.63) is 23.3 Å². The summed E-state index contributed by atoms with van der Waals surface area (Å²) in [5, 5.41) is 8.71. The lowest BCUT2D eigenvalue weighted by Gasteiger charge is -2.15. The summed E-state index contributed by atoms with van der Waals surface area (Å²) in [6.45, 7) is 1.86. The van der Waals surface area contributed by atoms with Gasteiger partial charge >= 0.3 is 5.97 Å². The minimum Gasteiger partial charge on any atom is -0.493 e. The fourth-order valence-electron chi connectivity index (χ4n) is 1.70. The van der Waals surface area contributed by atoms with E-state index >= 15 is 0 Å². The Labute approximate surface area is 100 Å². The van der Waals surface area contributed by atoms with Crippen LogP contribution in [-0.2, 0) is 4.79 Å². The number of carboxylic acids is 1. The second-order valence-electron chi connectivity index (χ2n) is 3.78. The molecule has 0 saturated carbocycles. The summed E-state index contributed by atoms with van der Waals surface area (Å²) in [5.74, 6) is 0.270. The monoisotopic (exact) mass is 239 g/mol. The summed E-state index contributed by atoms with van der Waals surface area (Å²) in [7, 11) is 3.09. The normalized spacial score (nSPS) is 12.0. The predicted molar refractivity (Wildman–Crippen MR) is 63.5 cm³/mol. The van der Waals surface area contributed by atoms with Crippen molar-refractivity contribution >= 4 is 5.97 Å². The Kier molecular flexibility index (Phi) is 4.34. The number of aryl methyl sites for hydroxylation is 1. The standard InChI is InChI=1S/C12H17NO4/c1-7-4-8(9(13)6-11(14)15)5-10(16-2)12(7)17-3/h4-5,9H,6,13H2,1-3H3,(H,14,15). The number of hydrogen-bond acceptors (Lipinski definition) is 4. The highest BCUT2D eigenvalue weighted by Crippen LogP contribution is 2.33. The maximum Gasteiger partial charge on any atom is 0.305 e. The van der Waals surface area contributed by atoms with Crippen molar-refractivity contribution in [2.24, 2.45) is 5.73 Å². The molecular formula is C12H17NO4. The topological polar surface area (TPSA) is 81.8 Å². The summed E-state index contributed by atoms with van der Waals surface area (Å²) in [6.07, 6.45) is -0.116. The van der Waals surface area contributed by atoms with Crippen LogP contribution in [-0.4, -0.2) is 25.3 Å². The van der Waals surface area contributed by atoms with E-state index in [1.165, 1.54) is 7.11 Å². The van der Waals surface area contributed by atoms with E-state index in [1.807, 2.05) is 13.0 Å². The van der Waals surface area contributed by atoms with Gasteiger partial charge in [-0.1, -0.05) is 6.07 Å². The molecule has 17 heavy (non-hydrogen) atoms. The van der Waals surface area contributed by atoms with Crippen molar-refractivity contribution in [3.8, 4) is 11.5 Å². The molecule has 1 atom stereocenters. The van der Waals surface area contributed by atoms with E-state index < -0.39 is 12.0 Å². The highest BCUT2D eigenvalue weighted by molar-refractivity contribution is 5.68. The predicted octanol–water partition coefficient (Wildman–Crippen LogP) is 1.49. The second kappa shape index (κ2) is 5.54. The number of methoxy groups -OCH3 is 2. The molecule has 1 aromatic rings. The third-order valence-electron chi connectivity index (χ3n) is 2.51. The van der Waals surface area contributed by atoms with E-state index in [9.17, 15) is 4.79 Å². The Morgan fingerprint density at radius 1 is 1.41 bits per heavy atom. The van der Waals surface area contributed by atoms with Crippen LogP contribution in [0.2, 0.25) is 0 Å². The third kappa shape index (κ3) is 3.10. The maximum atomic E-state index is 10.6. The Balaban J connectivity index is 3.10. The summed E-state index contributed by atoms with van der Waals surface area (Å²) >= 11 is 0. The molecule has 1 unspecified atom stereocenters. The van der Waals surface area contributed by atoms with Gasteiger partial charge in [0.1, 0.15) is 0 Å². The fraction of sp³-hybridized carbons (Fsp3) is 0.417. The van der Waals surface area contributed by atoms with Crippen molar-refractivity contribution in [3.63, 3.8) is 0 Å². The number of nitrogens with two attached hydrogens (primary N) is 1. The van der Waals surface area contributed by atoms with E-state index in [2.05, 4.69) is 0 Å². The minimum atomic E-state index is -0.926. The number of benzene rings is 1. The molecule has 0 fully saturated rings. The minimum absolute atomic E-state index is 0.116. The first-order valence-corrected chi connectivity index (χ1v) is 5.19. The van der Waals surface area contributed by atoms with E-state index in [-0.39, 0.29) is 6.42 Å². The van der Waals surface area contributed by atoms with Crippen LogP contribution in [0.1, 0.15) is 23.6 Å². The van der Waals surface area contributed by atoms with Gasteiger partial charge in [0.25, 0.3) is 0 Å². The smallest absolute Gasteiger partial charge is 0.305 e. The van der Waals surface area contributed by atoms with Gasteiger partial charge < -0.3 is 20.3 Å². The SMILES string of the molecule is COc1cc(C(N)CC(=O)O)cc(C)c1OC. The largest absolute Gasteiger partial charge is 0.493 e. The maximum absolute atomic E-state index is 10.6. The van der Waals surface area contributed by atoms with E-state index in [1.54, 1.807) is 13.2 Å². The van der Waals surface area contributed by atoms with Crippen LogP contribution in [0.15, 0.2) is 12.1 Å². The molecule has 0 aromatic heterocycles. The molecule has 0 saturated heterocycles. The zero-order valence-electron chi connectivity index (χ0n) is 10.2. The number of carbonyl (C=O) groups is 1. The molecule has 94 valence electrons. The van der Waals surface area contributed by atoms with Crippen LogP contribution >= 0.6 is 0 Å². The Hall–Kier alpha value is -1.75. The molecule has 0 aliphatic carbocycles. The van der Waals surface area contributed by atoms with Crippen molar-refractivity contribution in [2.75, 3.05) is 14.2 Å². The summed E-state index contributed by atoms with van der Waals surface area (Å²) in [4.78, 5) is 10.6. The molecule has 0 spiro atoms. The highest BCUT2D eigenvalue weighted by atomic mass is 16.5. The highest BCUT2D eigenvalue weighted by Gasteiger charge is 2.15. The fourth-order valence-corrected chi connectivity index (χ4v) is 1.70. The van der Waals surface area contributed by atoms with Gasteiger partial charge in [-0.3, -0.25) is 4.79 Å². The van der Waals surface area contributed by atoms with Gasteiger partial charge in [0, 0.05) is 6.04 Å². The second-order valence-corrected chi connectivity index (χ2v) is 3.78. The summed E-state index contributed by atoms with van der Waals surface area (Å²) < 4.78 is 10.4. The molecule has 0 bridgehead atoms. The number of ether oxygens (including phenoxy) is 2. The number of hydrogen-bond donors (Lipinski definition) is 2. The van der Waals surface area contributed by atoms with Gasteiger partial charge in [-0.2, -0.15) is 0 Å². The van der Waals surface area contributed by atoms with Crippen LogP contribution in [0, 0.1) is 6.92 Å². The summed E-state index contributed by atoms with van der Waals surface area (Å²) in [6, 6.07) is 2.97. The molecule has 0 radical (unpaired) electrons. The van der Waals surface area contributed by atoms with Crippen LogP contribution in [0.3, 0.4) is 0 Å². The van der Waals surface area contributed by atoms with Gasteiger partial charge in [-0.15, -0.1) is 0 Å². The Morgan fingerprint density at radius 2 is 2.06 bits per heavy atom. The molecule has 5 heteroatoms.